The lowest BCUT2D eigenvalue weighted by Crippen LogP contribution is -2.24. The molecule has 1 nitrogen and oxygen atoms in total. The smallest absolute Gasteiger partial charge is 0.0197 e. The van der Waals surface area contributed by atoms with E-state index in [4.69, 9.17) is 0 Å². The summed E-state index contributed by atoms with van der Waals surface area (Å²) < 4.78 is 0. The van der Waals surface area contributed by atoms with E-state index in [-0.39, 0.29) is 0 Å². The SMILES string of the molecule is CCN1CCC2=C(CC1)c1ccccc1Sc1ccccc12. The van der Waals surface area contributed by atoms with Crippen LogP contribution in [0.3, 0.4) is 0 Å². The van der Waals surface area contributed by atoms with E-state index in [2.05, 4.69) is 60.4 Å². The lowest BCUT2D eigenvalue weighted by molar-refractivity contribution is 0.307. The van der Waals surface area contributed by atoms with Crippen molar-refractivity contribution in [2.45, 2.75) is 29.6 Å². The van der Waals surface area contributed by atoms with Gasteiger partial charge in [-0.3, -0.25) is 0 Å². The van der Waals surface area contributed by atoms with E-state index in [1.54, 1.807) is 11.1 Å². The molecule has 0 atom stereocenters. The van der Waals surface area contributed by atoms with Crippen LogP contribution in [0.15, 0.2) is 58.3 Å². The summed E-state index contributed by atoms with van der Waals surface area (Å²) in [5.41, 5.74) is 6.06. The normalized spacial score (nSPS) is 18.0. The first kappa shape index (κ1) is 14.1. The number of benzene rings is 2. The lowest BCUT2D eigenvalue weighted by atomic mass is 9.91. The van der Waals surface area contributed by atoms with E-state index in [1.807, 2.05) is 11.8 Å². The zero-order valence-corrected chi connectivity index (χ0v) is 13.8. The van der Waals surface area contributed by atoms with Crippen LogP contribution in [0.2, 0.25) is 0 Å². The molecule has 0 aromatic heterocycles. The molecule has 2 heteroatoms. The van der Waals surface area contributed by atoms with Gasteiger partial charge in [-0.25, -0.2) is 0 Å². The third-order valence-electron chi connectivity index (χ3n) is 4.81. The Kier molecular flexibility index (Phi) is 3.81. The van der Waals surface area contributed by atoms with E-state index in [0.717, 1.165) is 19.4 Å². The highest BCUT2D eigenvalue weighted by Gasteiger charge is 2.24. The standard InChI is InChI=1S/C20H21NS/c1-2-21-13-11-15-16(12-14-21)18-8-4-6-10-20(18)22-19-9-5-3-7-17(15)19/h3-10H,2,11-14H2,1H3. The fourth-order valence-corrected chi connectivity index (χ4v) is 4.73. The van der Waals surface area contributed by atoms with Crippen LogP contribution in [0.4, 0.5) is 0 Å². The van der Waals surface area contributed by atoms with Crippen molar-refractivity contribution in [1.82, 2.24) is 4.90 Å². The summed E-state index contributed by atoms with van der Waals surface area (Å²) in [6.45, 7) is 5.78. The van der Waals surface area contributed by atoms with Gasteiger partial charge in [0.1, 0.15) is 0 Å². The van der Waals surface area contributed by atoms with Gasteiger partial charge >= 0.3 is 0 Å². The minimum absolute atomic E-state index is 1.15. The van der Waals surface area contributed by atoms with Gasteiger partial charge in [-0.2, -0.15) is 0 Å². The molecule has 0 aliphatic carbocycles. The van der Waals surface area contributed by atoms with Crippen LogP contribution in [0.1, 0.15) is 30.9 Å². The Bertz CT molecular complexity index is 672. The second-order valence-corrected chi connectivity index (χ2v) is 7.07. The number of rotatable bonds is 1. The van der Waals surface area contributed by atoms with Gasteiger partial charge < -0.3 is 4.90 Å². The van der Waals surface area contributed by atoms with E-state index < -0.39 is 0 Å². The number of nitrogens with zero attached hydrogens (tertiary/aromatic N) is 1. The summed E-state index contributed by atoms with van der Waals surface area (Å²) in [4.78, 5) is 5.39. The van der Waals surface area contributed by atoms with E-state index in [9.17, 15) is 0 Å². The van der Waals surface area contributed by atoms with Crippen LogP contribution >= 0.6 is 11.8 Å². The summed E-state index contributed by atoms with van der Waals surface area (Å²) >= 11 is 1.93. The Labute approximate surface area is 137 Å². The highest BCUT2D eigenvalue weighted by Crippen LogP contribution is 2.46. The molecule has 2 aromatic carbocycles. The molecule has 0 fully saturated rings. The van der Waals surface area contributed by atoms with Crippen molar-refractivity contribution < 1.29 is 0 Å². The highest BCUT2D eigenvalue weighted by molar-refractivity contribution is 7.99. The quantitative estimate of drug-likeness (QED) is 0.714. The minimum atomic E-state index is 1.15. The molecule has 22 heavy (non-hydrogen) atoms. The predicted octanol–water partition coefficient (Wildman–Crippen LogP) is 5.18. The second-order valence-electron chi connectivity index (χ2n) is 5.99. The first-order valence-corrected chi connectivity index (χ1v) is 8.99. The summed E-state index contributed by atoms with van der Waals surface area (Å²) in [5.74, 6) is 0. The summed E-state index contributed by atoms with van der Waals surface area (Å²) in [5, 5.41) is 0. The van der Waals surface area contributed by atoms with Crippen molar-refractivity contribution in [3.63, 3.8) is 0 Å². The van der Waals surface area contributed by atoms with Crippen molar-refractivity contribution >= 4 is 22.9 Å². The van der Waals surface area contributed by atoms with E-state index in [0.29, 0.717) is 0 Å². The molecular weight excluding hydrogens is 286 g/mol. The number of hydrogen-bond acceptors (Lipinski definition) is 2. The van der Waals surface area contributed by atoms with Gasteiger partial charge in [0.2, 0.25) is 0 Å². The first-order valence-electron chi connectivity index (χ1n) is 8.18. The van der Waals surface area contributed by atoms with Crippen LogP contribution in [-0.2, 0) is 0 Å². The van der Waals surface area contributed by atoms with Crippen molar-refractivity contribution in [3.05, 3.63) is 59.7 Å². The zero-order valence-electron chi connectivity index (χ0n) is 13.0. The number of fused-ring (bicyclic) bond motifs is 4. The average Bonchev–Trinajstić information content (AvgIpc) is 2.84. The van der Waals surface area contributed by atoms with Gasteiger partial charge in [0.05, 0.1) is 0 Å². The Morgan fingerprint density at radius 3 is 1.82 bits per heavy atom. The Balaban J connectivity index is 1.91. The van der Waals surface area contributed by atoms with Crippen molar-refractivity contribution in [1.29, 1.82) is 0 Å². The molecule has 0 bridgehead atoms. The Morgan fingerprint density at radius 1 is 0.818 bits per heavy atom. The molecule has 112 valence electrons. The lowest BCUT2D eigenvalue weighted by Gasteiger charge is -2.18. The van der Waals surface area contributed by atoms with Crippen molar-refractivity contribution in [3.8, 4) is 0 Å². The molecule has 2 aliphatic rings. The van der Waals surface area contributed by atoms with Gasteiger partial charge in [-0.1, -0.05) is 55.1 Å². The van der Waals surface area contributed by atoms with Gasteiger partial charge in [0, 0.05) is 22.9 Å². The highest BCUT2D eigenvalue weighted by atomic mass is 32.2. The maximum absolute atomic E-state index is 2.58. The van der Waals surface area contributed by atoms with Crippen LogP contribution < -0.4 is 0 Å². The van der Waals surface area contributed by atoms with Crippen LogP contribution in [0.5, 0.6) is 0 Å². The number of hydrogen-bond donors (Lipinski definition) is 0. The molecule has 0 unspecified atom stereocenters. The molecule has 0 amide bonds. The van der Waals surface area contributed by atoms with Gasteiger partial charge in [-0.15, -0.1) is 0 Å². The van der Waals surface area contributed by atoms with Gasteiger partial charge in [0.15, 0.2) is 0 Å². The van der Waals surface area contributed by atoms with E-state index >= 15 is 0 Å². The van der Waals surface area contributed by atoms with Crippen molar-refractivity contribution in [2.24, 2.45) is 0 Å². The summed E-state index contributed by atoms with van der Waals surface area (Å²) in [7, 11) is 0. The largest absolute Gasteiger partial charge is 0.303 e. The zero-order chi connectivity index (χ0) is 14.9. The molecular formula is C20H21NS. The van der Waals surface area contributed by atoms with Crippen LogP contribution in [0.25, 0.3) is 11.1 Å². The minimum Gasteiger partial charge on any atom is -0.303 e. The van der Waals surface area contributed by atoms with Crippen molar-refractivity contribution in [2.75, 3.05) is 19.6 Å². The summed E-state index contributed by atoms with van der Waals surface area (Å²) in [6.07, 6.45) is 2.32. The van der Waals surface area contributed by atoms with Gasteiger partial charge in [0.25, 0.3) is 0 Å². The fraction of sp³-hybridized carbons (Fsp3) is 0.300. The Morgan fingerprint density at radius 2 is 1.32 bits per heavy atom. The summed E-state index contributed by atoms with van der Waals surface area (Å²) in [6, 6.07) is 17.9. The average molecular weight is 307 g/mol. The monoisotopic (exact) mass is 307 g/mol. The second kappa shape index (κ2) is 5.94. The molecule has 2 aromatic rings. The van der Waals surface area contributed by atoms with Crippen LogP contribution in [0, 0.1) is 0 Å². The van der Waals surface area contributed by atoms with Crippen LogP contribution in [-0.4, -0.2) is 24.5 Å². The van der Waals surface area contributed by atoms with E-state index in [1.165, 1.54) is 34.0 Å². The Hall–Kier alpha value is -1.51. The topological polar surface area (TPSA) is 3.24 Å². The third-order valence-corrected chi connectivity index (χ3v) is 5.96. The molecule has 2 aliphatic heterocycles. The molecule has 0 saturated carbocycles. The molecule has 0 saturated heterocycles. The maximum atomic E-state index is 2.58. The maximum Gasteiger partial charge on any atom is 0.0197 e. The third kappa shape index (κ3) is 2.41. The predicted molar refractivity (Wildman–Crippen MR) is 95.2 cm³/mol. The van der Waals surface area contributed by atoms with Gasteiger partial charge in [-0.05, 0) is 53.8 Å². The molecule has 0 spiro atoms. The molecule has 0 N–H and O–H groups in total. The first-order chi connectivity index (χ1) is 10.9. The molecule has 0 radical (unpaired) electrons. The molecule has 4 rings (SSSR count). The molecule has 2 heterocycles. The fourth-order valence-electron chi connectivity index (χ4n) is 3.59.